The van der Waals surface area contributed by atoms with E-state index in [2.05, 4.69) is 194 Å². The molecule has 1 heteroatoms. The molecule has 0 N–H and O–H groups in total. The van der Waals surface area contributed by atoms with Crippen LogP contribution in [0, 0.1) is 0 Å². The van der Waals surface area contributed by atoms with Gasteiger partial charge >= 0.3 is 0 Å². The fraction of sp³-hybridized carbons (Fsp3) is 0.0370. The first kappa shape index (κ1) is 29.5. The van der Waals surface area contributed by atoms with Crippen molar-refractivity contribution in [2.45, 2.75) is 10.8 Å². The van der Waals surface area contributed by atoms with Crippen molar-refractivity contribution in [1.29, 1.82) is 0 Å². The second-order valence-electron chi connectivity index (χ2n) is 15.5. The summed E-state index contributed by atoms with van der Waals surface area (Å²) in [6, 6.07) is 72.4. The molecule has 0 saturated heterocycles. The maximum absolute atomic E-state index is 7.05. The number of rotatable bonds is 1. The van der Waals surface area contributed by atoms with Crippen LogP contribution < -0.4 is 4.74 Å². The van der Waals surface area contributed by atoms with Crippen LogP contribution in [0.2, 0.25) is 0 Å². The van der Waals surface area contributed by atoms with Gasteiger partial charge in [0.05, 0.1) is 10.8 Å². The van der Waals surface area contributed by atoms with Crippen molar-refractivity contribution < 1.29 is 4.74 Å². The molecule has 0 atom stereocenters. The molecule has 55 heavy (non-hydrogen) atoms. The van der Waals surface area contributed by atoms with Gasteiger partial charge in [-0.3, -0.25) is 0 Å². The third kappa shape index (κ3) is 3.46. The van der Waals surface area contributed by atoms with E-state index in [0.29, 0.717) is 0 Å². The zero-order valence-corrected chi connectivity index (χ0v) is 29.9. The number of fused-ring (bicyclic) bond motifs is 21. The Bertz CT molecular complexity index is 3050. The molecule has 0 unspecified atom stereocenters. The summed E-state index contributed by atoms with van der Waals surface area (Å²) >= 11 is 0. The highest BCUT2D eigenvalue weighted by atomic mass is 16.5. The molecular weight excluding hydrogens is 665 g/mol. The minimum absolute atomic E-state index is 0.352. The molecule has 0 radical (unpaired) electrons. The lowest BCUT2D eigenvalue weighted by Gasteiger charge is -2.40. The highest BCUT2D eigenvalue weighted by Crippen LogP contribution is 2.65. The first-order valence-electron chi connectivity index (χ1n) is 19.3. The summed E-state index contributed by atoms with van der Waals surface area (Å²) in [5.74, 6) is 1.85. The van der Waals surface area contributed by atoms with E-state index in [0.717, 1.165) is 16.9 Å². The SMILES string of the molecule is c1ccc2c(c1)-c1ccccc1C21c2ccccc2-c2cc(-c3ccc4c(c3)C3(c5ccccc5-c5ccccc53)c3ccc5ccccc5c3O4)ccc21. The van der Waals surface area contributed by atoms with Gasteiger partial charge in [-0.2, -0.15) is 0 Å². The average molecular weight is 697 g/mol. The molecule has 0 bridgehead atoms. The molecule has 9 aromatic carbocycles. The molecule has 13 rings (SSSR count). The Balaban J connectivity index is 1.07. The lowest BCUT2D eigenvalue weighted by Crippen LogP contribution is -2.32. The number of hydrogen-bond acceptors (Lipinski definition) is 1. The van der Waals surface area contributed by atoms with Crippen molar-refractivity contribution >= 4 is 10.8 Å². The molecule has 2 spiro atoms. The Morgan fingerprint density at radius 2 is 0.709 bits per heavy atom. The van der Waals surface area contributed by atoms with Crippen molar-refractivity contribution in [2.24, 2.45) is 0 Å². The molecule has 4 aliphatic rings. The monoisotopic (exact) mass is 696 g/mol. The number of hydrogen-bond donors (Lipinski definition) is 0. The van der Waals surface area contributed by atoms with Crippen LogP contribution in [-0.2, 0) is 10.8 Å². The van der Waals surface area contributed by atoms with Gasteiger partial charge < -0.3 is 4.74 Å². The summed E-state index contributed by atoms with van der Waals surface area (Å²) in [6.07, 6.45) is 0. The molecule has 0 aromatic heterocycles. The molecule has 3 aliphatic carbocycles. The summed E-state index contributed by atoms with van der Waals surface area (Å²) in [5, 5.41) is 2.32. The topological polar surface area (TPSA) is 9.23 Å². The summed E-state index contributed by atoms with van der Waals surface area (Å²) in [5.41, 5.74) is 19.8. The Morgan fingerprint density at radius 1 is 0.291 bits per heavy atom. The van der Waals surface area contributed by atoms with Gasteiger partial charge in [0.15, 0.2) is 0 Å². The molecule has 1 heterocycles. The predicted octanol–water partition coefficient (Wildman–Crippen LogP) is 13.3. The highest BCUT2D eigenvalue weighted by Gasteiger charge is 2.53. The van der Waals surface area contributed by atoms with E-state index in [1.807, 2.05) is 0 Å². The lowest BCUT2D eigenvalue weighted by atomic mass is 9.65. The predicted molar refractivity (Wildman–Crippen MR) is 223 cm³/mol. The van der Waals surface area contributed by atoms with E-state index >= 15 is 0 Å². The Morgan fingerprint density at radius 3 is 1.29 bits per heavy atom. The van der Waals surface area contributed by atoms with E-state index in [1.165, 1.54) is 94.4 Å². The molecule has 0 amide bonds. The highest BCUT2D eigenvalue weighted by molar-refractivity contribution is 5.98. The number of benzene rings is 9. The van der Waals surface area contributed by atoms with Crippen molar-refractivity contribution in [3.8, 4) is 56.0 Å². The standard InChI is InChI=1S/C54H32O/c1-2-14-36-33(13-1)25-29-49-52(36)55-51-30-27-35(32-50(51)54(49)45-22-10-5-17-39(45)40-18-6-11-23-46(40)54)34-26-28-48-42(31-34)41-19-7-12-24-47(41)53(48)43-20-8-3-15-37(43)38-16-4-9-21-44(38)53/h1-32H. The fourth-order valence-electron chi connectivity index (χ4n) is 11.1. The van der Waals surface area contributed by atoms with Gasteiger partial charge in [0.25, 0.3) is 0 Å². The Kier molecular flexibility index (Phi) is 5.56. The summed E-state index contributed by atoms with van der Waals surface area (Å²) in [4.78, 5) is 0. The van der Waals surface area contributed by atoms with E-state index in [9.17, 15) is 0 Å². The van der Waals surface area contributed by atoms with Gasteiger partial charge in [0.2, 0.25) is 0 Å². The van der Waals surface area contributed by atoms with Crippen LogP contribution in [0.1, 0.15) is 44.5 Å². The van der Waals surface area contributed by atoms with Crippen LogP contribution in [0.25, 0.3) is 55.3 Å². The zero-order valence-electron chi connectivity index (χ0n) is 29.9. The van der Waals surface area contributed by atoms with Crippen molar-refractivity contribution in [3.05, 3.63) is 239 Å². The smallest absolute Gasteiger partial charge is 0.140 e. The summed E-state index contributed by atoms with van der Waals surface area (Å²) in [7, 11) is 0. The minimum Gasteiger partial charge on any atom is -0.456 e. The second-order valence-corrected chi connectivity index (χ2v) is 15.5. The Labute approximate surface area is 319 Å². The fourth-order valence-corrected chi connectivity index (χ4v) is 11.1. The number of ether oxygens (including phenoxy) is 1. The van der Waals surface area contributed by atoms with Crippen molar-refractivity contribution in [2.75, 3.05) is 0 Å². The average Bonchev–Trinajstić information content (AvgIpc) is 3.84. The van der Waals surface area contributed by atoms with Crippen molar-refractivity contribution in [3.63, 3.8) is 0 Å². The Hall–Kier alpha value is -6.96. The first-order chi connectivity index (χ1) is 27.3. The largest absolute Gasteiger partial charge is 0.456 e. The first-order valence-corrected chi connectivity index (χ1v) is 19.3. The quantitative estimate of drug-likeness (QED) is 0.166. The van der Waals surface area contributed by atoms with Gasteiger partial charge in [-0.25, -0.2) is 0 Å². The van der Waals surface area contributed by atoms with E-state index < -0.39 is 5.41 Å². The summed E-state index contributed by atoms with van der Waals surface area (Å²) in [6.45, 7) is 0. The normalized spacial score (nSPS) is 15.0. The zero-order chi connectivity index (χ0) is 35.9. The van der Waals surface area contributed by atoms with Gasteiger partial charge in [-0.1, -0.05) is 176 Å². The molecule has 0 fully saturated rings. The van der Waals surface area contributed by atoms with Crippen LogP contribution in [0.3, 0.4) is 0 Å². The molecule has 254 valence electrons. The van der Waals surface area contributed by atoms with Crippen molar-refractivity contribution in [1.82, 2.24) is 0 Å². The van der Waals surface area contributed by atoms with Crippen LogP contribution in [0.15, 0.2) is 194 Å². The maximum atomic E-state index is 7.05. The van der Waals surface area contributed by atoms with Gasteiger partial charge in [-0.15, -0.1) is 0 Å². The minimum atomic E-state index is -0.541. The molecular formula is C54H32O. The van der Waals surface area contributed by atoms with Crippen LogP contribution in [-0.4, -0.2) is 0 Å². The molecule has 9 aromatic rings. The maximum Gasteiger partial charge on any atom is 0.140 e. The van der Waals surface area contributed by atoms with E-state index in [-0.39, 0.29) is 5.41 Å². The van der Waals surface area contributed by atoms with Gasteiger partial charge in [-0.05, 0) is 101 Å². The van der Waals surface area contributed by atoms with Gasteiger partial charge in [0.1, 0.15) is 11.5 Å². The second kappa shape index (κ2) is 10.4. The lowest BCUT2D eigenvalue weighted by molar-refractivity contribution is 0.442. The third-order valence-electron chi connectivity index (χ3n) is 13.2. The van der Waals surface area contributed by atoms with Crippen LogP contribution in [0.4, 0.5) is 0 Å². The molecule has 0 saturated carbocycles. The third-order valence-corrected chi connectivity index (χ3v) is 13.2. The molecule has 1 nitrogen and oxygen atoms in total. The van der Waals surface area contributed by atoms with Crippen LogP contribution >= 0.6 is 0 Å². The van der Waals surface area contributed by atoms with E-state index in [1.54, 1.807) is 0 Å². The van der Waals surface area contributed by atoms with Crippen LogP contribution in [0.5, 0.6) is 11.5 Å². The van der Waals surface area contributed by atoms with Gasteiger partial charge in [0, 0.05) is 16.5 Å². The van der Waals surface area contributed by atoms with E-state index in [4.69, 9.17) is 4.74 Å². The summed E-state index contributed by atoms with van der Waals surface area (Å²) < 4.78 is 7.05. The molecule has 1 aliphatic heterocycles.